The highest BCUT2D eigenvalue weighted by molar-refractivity contribution is 5.90. The molecule has 0 saturated heterocycles. The molecule has 0 spiro atoms. The zero-order valence-corrected chi connectivity index (χ0v) is 11.3. The summed E-state index contributed by atoms with van der Waals surface area (Å²) in [7, 11) is 1.94. The second-order valence-corrected chi connectivity index (χ2v) is 3.00. The van der Waals surface area contributed by atoms with Gasteiger partial charge in [-0.1, -0.05) is 27.7 Å². The van der Waals surface area contributed by atoms with Crippen molar-refractivity contribution in [1.29, 1.82) is 5.26 Å². The smallest absolute Gasteiger partial charge is 0.102 e. The molecule has 0 atom stereocenters. The van der Waals surface area contributed by atoms with E-state index in [9.17, 15) is 0 Å². The number of nitriles is 1. The number of fused-ring (bicyclic) bond motifs is 1. The predicted molar refractivity (Wildman–Crippen MR) is 74.7 cm³/mol. The summed E-state index contributed by atoms with van der Waals surface area (Å²) in [6.45, 7) is 8.00. The molecule has 1 heterocycles. The SMILES string of the molecule is CC.CC.Cn1ccc2c(C#N)c(N)ccc21. The summed E-state index contributed by atoms with van der Waals surface area (Å²) in [4.78, 5) is 0. The Morgan fingerprint density at radius 2 is 1.71 bits per heavy atom. The molecular weight excluding hydrogens is 210 g/mol. The van der Waals surface area contributed by atoms with Gasteiger partial charge in [0.15, 0.2) is 0 Å². The van der Waals surface area contributed by atoms with Crippen molar-refractivity contribution in [2.24, 2.45) is 7.05 Å². The van der Waals surface area contributed by atoms with Gasteiger partial charge >= 0.3 is 0 Å². The van der Waals surface area contributed by atoms with E-state index in [-0.39, 0.29) is 0 Å². The van der Waals surface area contributed by atoms with Gasteiger partial charge in [-0.05, 0) is 18.2 Å². The lowest BCUT2D eigenvalue weighted by atomic mass is 10.1. The minimum absolute atomic E-state index is 0.543. The molecule has 0 aliphatic rings. The van der Waals surface area contributed by atoms with Gasteiger partial charge in [0.05, 0.1) is 11.3 Å². The molecule has 0 aliphatic carbocycles. The molecular formula is C14H21N3. The number of nitrogens with two attached hydrogens (primary N) is 1. The topological polar surface area (TPSA) is 54.7 Å². The van der Waals surface area contributed by atoms with E-state index < -0.39 is 0 Å². The molecule has 1 aromatic heterocycles. The molecule has 0 saturated carbocycles. The van der Waals surface area contributed by atoms with Gasteiger partial charge in [0.25, 0.3) is 0 Å². The largest absolute Gasteiger partial charge is 0.398 e. The van der Waals surface area contributed by atoms with Crippen LogP contribution in [-0.2, 0) is 7.05 Å². The fourth-order valence-electron chi connectivity index (χ4n) is 1.49. The maximum atomic E-state index is 8.89. The van der Waals surface area contributed by atoms with Crippen molar-refractivity contribution in [2.75, 3.05) is 5.73 Å². The van der Waals surface area contributed by atoms with E-state index in [0.717, 1.165) is 10.9 Å². The zero-order valence-electron chi connectivity index (χ0n) is 11.3. The predicted octanol–water partition coefficient (Wildman–Crippen LogP) is 3.68. The number of nitrogen functional groups attached to an aromatic ring is 1. The molecule has 0 bridgehead atoms. The number of aromatic nitrogens is 1. The number of hydrogen-bond acceptors (Lipinski definition) is 2. The molecule has 0 amide bonds. The lowest BCUT2D eigenvalue weighted by Crippen LogP contribution is -1.91. The minimum atomic E-state index is 0.543. The van der Waals surface area contributed by atoms with Crippen LogP contribution >= 0.6 is 0 Å². The Kier molecular flexibility index (Phi) is 6.50. The zero-order chi connectivity index (χ0) is 13.4. The second-order valence-electron chi connectivity index (χ2n) is 3.00. The number of nitrogens with zero attached hydrogens (tertiary/aromatic N) is 2. The first-order valence-corrected chi connectivity index (χ1v) is 5.97. The highest BCUT2D eigenvalue weighted by Gasteiger charge is 2.06. The van der Waals surface area contributed by atoms with Crippen molar-refractivity contribution in [1.82, 2.24) is 4.57 Å². The first-order valence-electron chi connectivity index (χ1n) is 5.97. The number of hydrogen-bond donors (Lipinski definition) is 1. The fourth-order valence-corrected chi connectivity index (χ4v) is 1.49. The Labute approximate surface area is 103 Å². The van der Waals surface area contributed by atoms with Crippen molar-refractivity contribution in [3.63, 3.8) is 0 Å². The summed E-state index contributed by atoms with van der Waals surface area (Å²) >= 11 is 0. The molecule has 0 fully saturated rings. The highest BCUT2D eigenvalue weighted by atomic mass is 14.9. The average molecular weight is 231 g/mol. The molecule has 3 heteroatoms. The van der Waals surface area contributed by atoms with Gasteiger partial charge in [-0.15, -0.1) is 0 Å². The van der Waals surface area contributed by atoms with E-state index in [1.807, 2.05) is 57.6 Å². The van der Waals surface area contributed by atoms with E-state index in [2.05, 4.69) is 6.07 Å². The van der Waals surface area contributed by atoms with Crippen molar-refractivity contribution in [3.05, 3.63) is 30.0 Å². The maximum Gasteiger partial charge on any atom is 0.102 e. The van der Waals surface area contributed by atoms with Gasteiger partial charge in [0, 0.05) is 24.1 Å². The summed E-state index contributed by atoms with van der Waals surface area (Å²) in [5.41, 5.74) is 7.82. The lowest BCUT2D eigenvalue weighted by Gasteiger charge is -2.00. The molecule has 0 radical (unpaired) electrons. The van der Waals surface area contributed by atoms with Crippen LogP contribution in [0.2, 0.25) is 0 Å². The van der Waals surface area contributed by atoms with Crippen molar-refractivity contribution in [2.45, 2.75) is 27.7 Å². The monoisotopic (exact) mass is 231 g/mol. The van der Waals surface area contributed by atoms with E-state index in [0.29, 0.717) is 11.3 Å². The Bertz CT molecular complexity index is 504. The van der Waals surface area contributed by atoms with Gasteiger partial charge in [-0.25, -0.2) is 0 Å². The quantitative estimate of drug-likeness (QED) is 0.703. The van der Waals surface area contributed by atoms with E-state index >= 15 is 0 Å². The van der Waals surface area contributed by atoms with Crippen LogP contribution in [0.15, 0.2) is 24.4 Å². The van der Waals surface area contributed by atoms with Crippen LogP contribution in [0, 0.1) is 11.3 Å². The molecule has 0 aliphatic heterocycles. The molecule has 2 aromatic rings. The first-order chi connectivity index (χ1) is 8.24. The Morgan fingerprint density at radius 1 is 1.12 bits per heavy atom. The third-order valence-electron chi connectivity index (χ3n) is 2.21. The van der Waals surface area contributed by atoms with Crippen molar-refractivity contribution in [3.8, 4) is 6.07 Å². The standard InChI is InChI=1S/C10H9N3.2C2H6/c1-13-5-4-7-8(6-11)9(12)2-3-10(7)13;2*1-2/h2-5H,12H2,1H3;2*1-2H3. The first kappa shape index (κ1) is 15.0. The van der Waals surface area contributed by atoms with E-state index in [4.69, 9.17) is 11.0 Å². The van der Waals surface area contributed by atoms with Crippen LogP contribution in [0.3, 0.4) is 0 Å². The fraction of sp³-hybridized carbons (Fsp3) is 0.357. The summed E-state index contributed by atoms with van der Waals surface area (Å²) in [6.07, 6.45) is 1.92. The Hall–Kier alpha value is -1.95. The second kappa shape index (κ2) is 7.34. The summed E-state index contributed by atoms with van der Waals surface area (Å²) in [5.74, 6) is 0. The van der Waals surface area contributed by atoms with Gasteiger partial charge in [-0.3, -0.25) is 0 Å². The third-order valence-corrected chi connectivity index (χ3v) is 2.21. The van der Waals surface area contributed by atoms with Crippen molar-refractivity contribution < 1.29 is 0 Å². The van der Waals surface area contributed by atoms with Crippen LogP contribution in [-0.4, -0.2) is 4.57 Å². The van der Waals surface area contributed by atoms with Crippen molar-refractivity contribution >= 4 is 16.6 Å². The van der Waals surface area contributed by atoms with Gasteiger partial charge in [0.2, 0.25) is 0 Å². The van der Waals surface area contributed by atoms with Gasteiger partial charge in [-0.2, -0.15) is 5.26 Å². The van der Waals surface area contributed by atoms with Crippen LogP contribution in [0.25, 0.3) is 10.9 Å². The summed E-state index contributed by atoms with van der Waals surface area (Å²) in [5, 5.41) is 9.81. The molecule has 2 rings (SSSR count). The molecule has 2 N–H and O–H groups in total. The highest BCUT2D eigenvalue weighted by Crippen LogP contribution is 2.23. The molecule has 1 aromatic carbocycles. The average Bonchev–Trinajstić information content (AvgIpc) is 2.76. The molecule has 0 unspecified atom stereocenters. The number of rotatable bonds is 0. The minimum Gasteiger partial charge on any atom is -0.398 e. The van der Waals surface area contributed by atoms with Gasteiger partial charge < -0.3 is 10.3 Å². The summed E-state index contributed by atoms with van der Waals surface area (Å²) in [6, 6.07) is 7.71. The third kappa shape index (κ3) is 3.01. The van der Waals surface area contributed by atoms with E-state index in [1.54, 1.807) is 6.07 Å². The molecule has 92 valence electrons. The normalized spacial score (nSPS) is 8.47. The van der Waals surface area contributed by atoms with Gasteiger partial charge in [0.1, 0.15) is 6.07 Å². The maximum absolute atomic E-state index is 8.89. The number of aryl methyl sites for hydroxylation is 1. The molecule has 17 heavy (non-hydrogen) atoms. The Balaban J connectivity index is 0.000000581. The lowest BCUT2D eigenvalue weighted by molar-refractivity contribution is 0.969. The molecule has 3 nitrogen and oxygen atoms in total. The number of anilines is 1. The number of benzene rings is 1. The van der Waals surface area contributed by atoms with Crippen LogP contribution < -0.4 is 5.73 Å². The summed E-state index contributed by atoms with van der Waals surface area (Å²) < 4.78 is 1.97. The van der Waals surface area contributed by atoms with Crippen LogP contribution in [0.1, 0.15) is 33.3 Å². The van der Waals surface area contributed by atoms with Crippen LogP contribution in [0.4, 0.5) is 5.69 Å². The van der Waals surface area contributed by atoms with E-state index in [1.165, 1.54) is 0 Å². The van der Waals surface area contributed by atoms with Crippen LogP contribution in [0.5, 0.6) is 0 Å². The Morgan fingerprint density at radius 3 is 2.24 bits per heavy atom.